The van der Waals surface area contributed by atoms with Crippen molar-refractivity contribution in [3.05, 3.63) is 35.8 Å². The number of nitrogens with one attached hydrogen (secondary N) is 2. The highest BCUT2D eigenvalue weighted by atomic mass is 19.1. The van der Waals surface area contributed by atoms with Crippen LogP contribution in [0.2, 0.25) is 0 Å². The summed E-state index contributed by atoms with van der Waals surface area (Å²) in [6, 6.07) is 4.64. The third-order valence-corrected chi connectivity index (χ3v) is 3.55. The number of fused-ring (bicyclic) bond motifs is 1. The quantitative estimate of drug-likeness (QED) is 0.800. The van der Waals surface area contributed by atoms with Gasteiger partial charge in [0.1, 0.15) is 5.82 Å². The van der Waals surface area contributed by atoms with Gasteiger partial charge in [-0.05, 0) is 31.5 Å². The number of carbonyl (C=O) groups excluding carboxylic acids is 1. The van der Waals surface area contributed by atoms with Gasteiger partial charge in [-0.25, -0.2) is 4.39 Å². The Labute approximate surface area is 104 Å². The number of piperidine rings is 1. The molecule has 94 valence electrons. The molecule has 18 heavy (non-hydrogen) atoms. The van der Waals surface area contributed by atoms with Crippen molar-refractivity contribution in [1.29, 1.82) is 0 Å². The average molecular weight is 246 g/mol. The maximum Gasteiger partial charge on any atom is 0.181 e. The molecular weight excluding hydrogens is 231 g/mol. The first-order chi connectivity index (χ1) is 8.77. The number of benzene rings is 1. The zero-order chi connectivity index (χ0) is 12.5. The van der Waals surface area contributed by atoms with Crippen LogP contribution in [0.5, 0.6) is 0 Å². The maximum absolute atomic E-state index is 13.8. The molecule has 1 aliphatic rings. The molecule has 1 aromatic carbocycles. The molecule has 1 atom stereocenters. The third-order valence-electron chi connectivity index (χ3n) is 3.55. The molecule has 1 saturated heterocycles. The Kier molecular flexibility index (Phi) is 2.88. The van der Waals surface area contributed by atoms with Crippen LogP contribution < -0.4 is 5.32 Å². The van der Waals surface area contributed by atoms with Crippen molar-refractivity contribution >= 4 is 16.7 Å². The van der Waals surface area contributed by atoms with E-state index in [-0.39, 0.29) is 17.6 Å². The minimum Gasteiger partial charge on any atom is -0.360 e. The highest BCUT2D eigenvalue weighted by Crippen LogP contribution is 2.24. The molecule has 0 aliphatic carbocycles. The van der Waals surface area contributed by atoms with Crippen molar-refractivity contribution in [3.8, 4) is 0 Å². The number of Topliss-reactive ketones (excluding diaryl/α,β-unsaturated/α-hetero) is 1. The molecule has 1 aliphatic heterocycles. The zero-order valence-electron chi connectivity index (χ0n) is 10.0. The summed E-state index contributed by atoms with van der Waals surface area (Å²) in [7, 11) is 0. The summed E-state index contributed by atoms with van der Waals surface area (Å²) in [5.74, 6) is -0.348. The van der Waals surface area contributed by atoms with E-state index in [2.05, 4.69) is 10.3 Å². The molecule has 0 spiro atoms. The van der Waals surface area contributed by atoms with Crippen LogP contribution in [0.15, 0.2) is 24.4 Å². The van der Waals surface area contributed by atoms with E-state index in [1.807, 2.05) is 0 Å². The highest BCUT2D eigenvalue weighted by Gasteiger charge is 2.24. The lowest BCUT2D eigenvalue weighted by Gasteiger charge is -2.21. The summed E-state index contributed by atoms with van der Waals surface area (Å²) in [4.78, 5) is 15.3. The first-order valence-corrected chi connectivity index (χ1v) is 6.30. The van der Waals surface area contributed by atoms with E-state index in [0.717, 1.165) is 25.8 Å². The van der Waals surface area contributed by atoms with Crippen LogP contribution >= 0.6 is 0 Å². The molecule has 2 heterocycles. The van der Waals surface area contributed by atoms with E-state index in [4.69, 9.17) is 0 Å². The van der Waals surface area contributed by atoms with E-state index in [1.165, 1.54) is 6.07 Å². The van der Waals surface area contributed by atoms with Crippen molar-refractivity contribution in [1.82, 2.24) is 10.3 Å². The molecule has 2 N–H and O–H groups in total. The number of rotatable bonds is 2. The molecule has 4 heteroatoms. The number of aromatic amines is 1. The van der Waals surface area contributed by atoms with Gasteiger partial charge in [0.05, 0.1) is 6.04 Å². The van der Waals surface area contributed by atoms with Gasteiger partial charge in [0.2, 0.25) is 0 Å². The molecule has 1 aromatic heterocycles. The molecule has 1 unspecified atom stereocenters. The Hall–Kier alpha value is -1.68. The van der Waals surface area contributed by atoms with E-state index in [9.17, 15) is 9.18 Å². The van der Waals surface area contributed by atoms with Crippen LogP contribution in [0, 0.1) is 5.82 Å². The molecule has 1 fully saturated rings. The van der Waals surface area contributed by atoms with Crippen molar-refractivity contribution in [2.45, 2.75) is 25.3 Å². The fourth-order valence-corrected chi connectivity index (χ4v) is 2.60. The Morgan fingerprint density at radius 1 is 1.33 bits per heavy atom. The first-order valence-electron chi connectivity index (χ1n) is 6.30. The van der Waals surface area contributed by atoms with Crippen molar-refractivity contribution in [2.75, 3.05) is 6.54 Å². The standard InChI is InChI=1S/C14H15FN2O/c15-10-4-3-6-11-13(10)9(8-17-11)14(18)12-5-1-2-7-16-12/h3-4,6,8,12,16-17H,1-2,5,7H2. The largest absolute Gasteiger partial charge is 0.360 e. The second-order valence-electron chi connectivity index (χ2n) is 4.73. The average Bonchev–Trinajstić information content (AvgIpc) is 2.84. The molecule has 2 aromatic rings. The summed E-state index contributed by atoms with van der Waals surface area (Å²) < 4.78 is 13.8. The Balaban J connectivity index is 2.01. The topological polar surface area (TPSA) is 44.9 Å². The SMILES string of the molecule is O=C(c1c[nH]c2cccc(F)c12)C1CCCCN1. The number of halogens is 1. The van der Waals surface area contributed by atoms with Gasteiger partial charge in [-0.15, -0.1) is 0 Å². The van der Waals surface area contributed by atoms with Gasteiger partial charge in [-0.3, -0.25) is 4.79 Å². The molecule has 0 saturated carbocycles. The summed E-state index contributed by atoms with van der Waals surface area (Å²) in [5.41, 5.74) is 1.14. The second kappa shape index (κ2) is 4.53. The fraction of sp³-hybridized carbons (Fsp3) is 0.357. The van der Waals surface area contributed by atoms with Gasteiger partial charge >= 0.3 is 0 Å². The van der Waals surface area contributed by atoms with E-state index >= 15 is 0 Å². The first kappa shape index (κ1) is 11.4. The Morgan fingerprint density at radius 2 is 2.22 bits per heavy atom. The van der Waals surface area contributed by atoms with Crippen LogP contribution in [0.3, 0.4) is 0 Å². The number of ketones is 1. The summed E-state index contributed by atoms with van der Waals surface area (Å²) >= 11 is 0. The fourth-order valence-electron chi connectivity index (χ4n) is 2.60. The number of carbonyl (C=O) groups is 1. The van der Waals surface area contributed by atoms with Crippen LogP contribution in [-0.4, -0.2) is 23.4 Å². The molecule has 3 rings (SSSR count). The number of H-pyrrole nitrogens is 1. The third kappa shape index (κ3) is 1.82. The van der Waals surface area contributed by atoms with Gasteiger partial charge in [-0.2, -0.15) is 0 Å². The highest BCUT2D eigenvalue weighted by molar-refractivity contribution is 6.10. The normalized spacial score (nSPS) is 20.2. The molecule has 0 radical (unpaired) electrons. The van der Waals surface area contributed by atoms with Crippen molar-refractivity contribution in [3.63, 3.8) is 0 Å². The summed E-state index contributed by atoms with van der Waals surface area (Å²) in [6.45, 7) is 0.862. The van der Waals surface area contributed by atoms with Gasteiger partial charge in [0.15, 0.2) is 5.78 Å². The summed E-state index contributed by atoms with van der Waals surface area (Å²) in [6.07, 6.45) is 4.60. The van der Waals surface area contributed by atoms with E-state index < -0.39 is 0 Å². The Bertz CT molecular complexity index is 584. The van der Waals surface area contributed by atoms with Crippen LogP contribution in [0.4, 0.5) is 4.39 Å². The molecule has 3 nitrogen and oxygen atoms in total. The number of hydrogen-bond donors (Lipinski definition) is 2. The smallest absolute Gasteiger partial charge is 0.181 e. The second-order valence-corrected chi connectivity index (χ2v) is 4.73. The van der Waals surface area contributed by atoms with Crippen molar-refractivity contribution < 1.29 is 9.18 Å². The van der Waals surface area contributed by atoms with Crippen LogP contribution in [-0.2, 0) is 0 Å². The predicted molar refractivity (Wildman–Crippen MR) is 68.2 cm³/mol. The Morgan fingerprint density at radius 3 is 3.00 bits per heavy atom. The monoisotopic (exact) mass is 246 g/mol. The van der Waals surface area contributed by atoms with Gasteiger partial charge in [-0.1, -0.05) is 12.5 Å². The zero-order valence-corrected chi connectivity index (χ0v) is 10.0. The van der Waals surface area contributed by atoms with Crippen LogP contribution in [0.25, 0.3) is 10.9 Å². The van der Waals surface area contributed by atoms with Gasteiger partial charge in [0, 0.05) is 22.7 Å². The van der Waals surface area contributed by atoms with Gasteiger partial charge < -0.3 is 10.3 Å². The minimum absolute atomic E-state index is 0.00829. The van der Waals surface area contributed by atoms with E-state index in [0.29, 0.717) is 16.5 Å². The lowest BCUT2D eigenvalue weighted by atomic mass is 9.96. The molecule has 0 bridgehead atoms. The minimum atomic E-state index is -0.340. The molecule has 0 amide bonds. The number of hydrogen-bond acceptors (Lipinski definition) is 2. The molecular formula is C14H15FN2O. The lowest BCUT2D eigenvalue weighted by Crippen LogP contribution is -2.40. The lowest BCUT2D eigenvalue weighted by molar-refractivity contribution is 0.0928. The predicted octanol–water partition coefficient (Wildman–Crippen LogP) is 2.63. The van der Waals surface area contributed by atoms with Crippen LogP contribution in [0.1, 0.15) is 29.6 Å². The van der Waals surface area contributed by atoms with Gasteiger partial charge in [0.25, 0.3) is 0 Å². The maximum atomic E-state index is 13.8. The number of aromatic nitrogens is 1. The van der Waals surface area contributed by atoms with E-state index in [1.54, 1.807) is 18.3 Å². The summed E-state index contributed by atoms with van der Waals surface area (Å²) in [5, 5.41) is 3.62. The van der Waals surface area contributed by atoms with Crippen molar-refractivity contribution in [2.24, 2.45) is 0 Å².